The van der Waals surface area contributed by atoms with E-state index in [9.17, 15) is 14.9 Å². The van der Waals surface area contributed by atoms with Gasteiger partial charge in [-0.2, -0.15) is 4.99 Å². The van der Waals surface area contributed by atoms with Crippen LogP contribution in [0.2, 0.25) is 0 Å². The van der Waals surface area contributed by atoms with E-state index in [0.717, 1.165) is 5.52 Å². The first-order valence-corrected chi connectivity index (χ1v) is 8.07. The summed E-state index contributed by atoms with van der Waals surface area (Å²) in [6.07, 6.45) is 0. The van der Waals surface area contributed by atoms with Crippen LogP contribution >= 0.6 is 11.3 Å². The Hall–Kier alpha value is -3.20. The van der Waals surface area contributed by atoms with Crippen molar-refractivity contribution in [3.05, 3.63) is 56.9 Å². The first-order chi connectivity index (χ1) is 12.0. The van der Waals surface area contributed by atoms with E-state index in [1.54, 1.807) is 35.9 Å². The van der Waals surface area contributed by atoms with Crippen LogP contribution < -0.4 is 14.3 Å². The summed E-state index contributed by atoms with van der Waals surface area (Å²) in [5, 5.41) is 10.9. The van der Waals surface area contributed by atoms with Gasteiger partial charge < -0.3 is 14.0 Å². The maximum absolute atomic E-state index is 12.4. The number of ether oxygens (including phenoxy) is 2. The van der Waals surface area contributed by atoms with Crippen LogP contribution in [0.25, 0.3) is 10.2 Å². The van der Waals surface area contributed by atoms with Gasteiger partial charge in [0.05, 0.1) is 15.1 Å². The van der Waals surface area contributed by atoms with E-state index >= 15 is 0 Å². The number of thiazole rings is 1. The van der Waals surface area contributed by atoms with Crippen LogP contribution in [0.5, 0.6) is 11.5 Å². The maximum atomic E-state index is 12.4. The minimum Gasteiger partial charge on any atom is -0.454 e. The lowest BCUT2D eigenvalue weighted by molar-refractivity contribution is -0.384. The first kappa shape index (κ1) is 15.3. The number of nitrogens with zero attached hydrogens (tertiary/aromatic N) is 3. The molecule has 9 heteroatoms. The lowest BCUT2D eigenvalue weighted by Gasteiger charge is -1.98. The van der Waals surface area contributed by atoms with E-state index in [1.165, 1.54) is 23.5 Å². The molecule has 1 aliphatic heterocycles. The normalized spacial score (nSPS) is 13.4. The van der Waals surface area contributed by atoms with E-state index < -0.39 is 10.8 Å². The van der Waals surface area contributed by atoms with Crippen molar-refractivity contribution in [2.24, 2.45) is 12.0 Å². The van der Waals surface area contributed by atoms with Gasteiger partial charge in [-0.25, -0.2) is 0 Å². The molecule has 1 aromatic heterocycles. The third-order valence-electron chi connectivity index (χ3n) is 3.82. The molecular weight excluding hydrogens is 346 g/mol. The van der Waals surface area contributed by atoms with Gasteiger partial charge in [0.15, 0.2) is 16.3 Å². The van der Waals surface area contributed by atoms with E-state index in [0.29, 0.717) is 26.6 Å². The molecule has 0 N–H and O–H groups in total. The first-order valence-electron chi connectivity index (χ1n) is 7.25. The van der Waals surface area contributed by atoms with Crippen LogP contribution in [0, 0.1) is 10.1 Å². The number of amides is 1. The number of carbonyl (C=O) groups is 1. The minimum absolute atomic E-state index is 0.00278. The second-order valence-corrected chi connectivity index (χ2v) is 6.35. The predicted octanol–water partition coefficient (Wildman–Crippen LogP) is 2.62. The van der Waals surface area contributed by atoms with Crippen LogP contribution in [-0.2, 0) is 7.05 Å². The molecule has 1 aliphatic rings. The SMILES string of the molecule is Cn1c(=NC(=O)c2ccc3c(c2)OCO3)sc2cc([N+](=O)[O-])ccc21. The van der Waals surface area contributed by atoms with E-state index in [2.05, 4.69) is 4.99 Å². The van der Waals surface area contributed by atoms with Gasteiger partial charge >= 0.3 is 0 Å². The number of nitro groups is 1. The number of non-ortho nitro benzene ring substituents is 1. The molecule has 0 atom stereocenters. The molecule has 0 fully saturated rings. The Morgan fingerprint density at radius 2 is 2.04 bits per heavy atom. The van der Waals surface area contributed by atoms with Crippen molar-refractivity contribution in [2.45, 2.75) is 0 Å². The van der Waals surface area contributed by atoms with Crippen LogP contribution in [0.15, 0.2) is 41.4 Å². The summed E-state index contributed by atoms with van der Waals surface area (Å²) < 4.78 is 12.9. The number of aryl methyl sites for hydroxylation is 1. The summed E-state index contributed by atoms with van der Waals surface area (Å²) in [5.74, 6) is 0.684. The van der Waals surface area contributed by atoms with Crippen LogP contribution in [0.3, 0.4) is 0 Å². The lowest BCUT2D eigenvalue weighted by atomic mass is 10.2. The van der Waals surface area contributed by atoms with Crippen molar-refractivity contribution < 1.29 is 19.2 Å². The summed E-state index contributed by atoms with van der Waals surface area (Å²) in [5.41, 5.74) is 1.16. The highest BCUT2D eigenvalue weighted by Gasteiger charge is 2.16. The molecule has 1 amide bonds. The standard InChI is InChI=1S/C16H11N3O5S/c1-18-11-4-3-10(19(21)22)7-14(11)25-16(18)17-15(20)9-2-5-12-13(6-9)24-8-23-12/h2-7H,8H2,1H3. The number of benzene rings is 2. The van der Waals surface area contributed by atoms with Crippen molar-refractivity contribution in [1.82, 2.24) is 4.57 Å². The third-order valence-corrected chi connectivity index (χ3v) is 4.92. The molecule has 2 heterocycles. The lowest BCUT2D eigenvalue weighted by Crippen LogP contribution is -2.13. The van der Waals surface area contributed by atoms with Crippen LogP contribution in [-0.4, -0.2) is 22.2 Å². The number of hydrogen-bond acceptors (Lipinski definition) is 6. The van der Waals surface area contributed by atoms with E-state index in [1.807, 2.05) is 0 Å². The fraction of sp³-hybridized carbons (Fsp3) is 0.125. The molecule has 126 valence electrons. The highest BCUT2D eigenvalue weighted by molar-refractivity contribution is 7.16. The Morgan fingerprint density at radius 1 is 1.24 bits per heavy atom. The van der Waals surface area contributed by atoms with Crippen molar-refractivity contribution in [3.63, 3.8) is 0 Å². The molecule has 4 rings (SSSR count). The Labute approximate surface area is 144 Å². The number of fused-ring (bicyclic) bond motifs is 2. The molecule has 0 unspecified atom stereocenters. The highest BCUT2D eigenvalue weighted by Crippen LogP contribution is 2.32. The van der Waals surface area contributed by atoms with Gasteiger partial charge in [0, 0.05) is 24.7 Å². The van der Waals surface area contributed by atoms with Crippen molar-refractivity contribution in [3.8, 4) is 11.5 Å². The van der Waals surface area contributed by atoms with Gasteiger partial charge in [-0.15, -0.1) is 0 Å². The molecular formula is C16H11N3O5S. The molecule has 0 radical (unpaired) electrons. The summed E-state index contributed by atoms with van der Waals surface area (Å²) in [7, 11) is 1.76. The van der Waals surface area contributed by atoms with Gasteiger partial charge in [0.1, 0.15) is 0 Å². The van der Waals surface area contributed by atoms with Gasteiger partial charge in [0.2, 0.25) is 6.79 Å². The second kappa shape index (κ2) is 5.71. The molecule has 0 bridgehead atoms. The Bertz CT molecular complexity index is 1100. The Morgan fingerprint density at radius 3 is 2.84 bits per heavy atom. The number of rotatable bonds is 2. The zero-order valence-electron chi connectivity index (χ0n) is 13.0. The number of aromatic nitrogens is 1. The largest absolute Gasteiger partial charge is 0.454 e. The smallest absolute Gasteiger partial charge is 0.279 e. The molecule has 0 aliphatic carbocycles. The molecule has 0 saturated heterocycles. The van der Waals surface area contributed by atoms with Gasteiger partial charge in [0.25, 0.3) is 11.6 Å². The molecule has 0 spiro atoms. The number of hydrogen-bond donors (Lipinski definition) is 0. The number of nitro benzene ring substituents is 1. The van der Waals surface area contributed by atoms with Crippen molar-refractivity contribution in [2.75, 3.05) is 6.79 Å². The molecule has 2 aromatic carbocycles. The third kappa shape index (κ3) is 2.64. The zero-order valence-corrected chi connectivity index (χ0v) is 13.8. The fourth-order valence-electron chi connectivity index (χ4n) is 2.52. The second-order valence-electron chi connectivity index (χ2n) is 5.34. The summed E-state index contributed by atoms with van der Waals surface area (Å²) >= 11 is 1.22. The average Bonchev–Trinajstić information content (AvgIpc) is 3.18. The maximum Gasteiger partial charge on any atom is 0.279 e. The molecule has 8 nitrogen and oxygen atoms in total. The van der Waals surface area contributed by atoms with E-state index in [4.69, 9.17) is 9.47 Å². The molecule has 0 saturated carbocycles. The predicted molar refractivity (Wildman–Crippen MR) is 89.9 cm³/mol. The molecule has 3 aromatic rings. The fourth-order valence-corrected chi connectivity index (χ4v) is 3.57. The zero-order chi connectivity index (χ0) is 17.6. The van der Waals surface area contributed by atoms with Crippen LogP contribution in [0.4, 0.5) is 5.69 Å². The van der Waals surface area contributed by atoms with E-state index in [-0.39, 0.29) is 12.5 Å². The van der Waals surface area contributed by atoms with Gasteiger partial charge in [-0.05, 0) is 24.3 Å². The van der Waals surface area contributed by atoms with Crippen LogP contribution in [0.1, 0.15) is 10.4 Å². The van der Waals surface area contributed by atoms with Gasteiger partial charge in [-0.1, -0.05) is 11.3 Å². The van der Waals surface area contributed by atoms with Crippen molar-refractivity contribution >= 4 is 33.1 Å². The minimum atomic E-state index is -0.451. The van der Waals surface area contributed by atoms with Crippen molar-refractivity contribution in [1.29, 1.82) is 0 Å². The Kier molecular flexibility index (Phi) is 3.50. The monoisotopic (exact) mass is 357 g/mol. The Balaban J connectivity index is 1.76. The number of carbonyl (C=O) groups excluding carboxylic acids is 1. The topological polar surface area (TPSA) is 96.0 Å². The quantitative estimate of drug-likeness (QED) is 0.519. The summed E-state index contributed by atoms with van der Waals surface area (Å²) in [6.45, 7) is 0.133. The van der Waals surface area contributed by atoms with Gasteiger partial charge in [-0.3, -0.25) is 14.9 Å². The molecule has 25 heavy (non-hydrogen) atoms. The highest BCUT2D eigenvalue weighted by atomic mass is 32.1. The summed E-state index contributed by atoms with van der Waals surface area (Å²) in [6, 6.07) is 9.43. The average molecular weight is 357 g/mol. The summed E-state index contributed by atoms with van der Waals surface area (Å²) in [4.78, 5) is 27.5.